The molecule has 0 aromatic heterocycles. The van der Waals surface area contributed by atoms with E-state index in [0.717, 1.165) is 67.8 Å². The number of hydrogen-bond donors (Lipinski definition) is 3. The van der Waals surface area contributed by atoms with Crippen LogP contribution in [0.25, 0.3) is 0 Å². The SMILES string of the molecule is CC#C[C@]1(O)CC[C@H]2[C@@H]3CCC4=C/C(=N/NC(=S)Nc5ccccc5)CCC4=C3C(c3ccc4c(c3)OCO4)C[C@@]21C. The first kappa shape index (κ1) is 27.2. The second-order valence-corrected chi connectivity index (χ2v) is 12.9. The lowest BCUT2D eigenvalue weighted by atomic mass is 9.51. The van der Waals surface area contributed by atoms with Gasteiger partial charge >= 0.3 is 0 Å². The summed E-state index contributed by atoms with van der Waals surface area (Å²) in [4.78, 5) is 0. The molecular formula is C35H37N3O3S. The minimum absolute atomic E-state index is 0.187. The van der Waals surface area contributed by atoms with Gasteiger partial charge in [-0.3, -0.25) is 5.43 Å². The van der Waals surface area contributed by atoms with Gasteiger partial charge in [-0.15, -0.1) is 5.92 Å². The first-order chi connectivity index (χ1) is 20.4. The van der Waals surface area contributed by atoms with E-state index in [9.17, 15) is 5.11 Å². The lowest BCUT2D eigenvalue weighted by Crippen LogP contribution is -2.51. The molecule has 216 valence electrons. The lowest BCUT2D eigenvalue weighted by molar-refractivity contribution is -0.0513. The van der Waals surface area contributed by atoms with Gasteiger partial charge < -0.3 is 19.9 Å². The molecule has 1 aliphatic heterocycles. The Hall–Kier alpha value is -3.60. The molecule has 42 heavy (non-hydrogen) atoms. The molecule has 1 unspecified atom stereocenters. The maximum Gasteiger partial charge on any atom is 0.231 e. The number of benzene rings is 2. The van der Waals surface area contributed by atoms with Gasteiger partial charge in [-0.25, -0.2) is 0 Å². The van der Waals surface area contributed by atoms with Crippen molar-refractivity contribution in [2.24, 2.45) is 22.4 Å². The molecule has 2 aromatic carbocycles. The number of rotatable bonds is 3. The Morgan fingerprint density at radius 2 is 1.90 bits per heavy atom. The number of allylic oxidation sites excluding steroid dienone is 4. The number of nitrogens with zero attached hydrogens (tertiary/aromatic N) is 1. The molecule has 4 aliphatic carbocycles. The lowest BCUT2D eigenvalue weighted by Gasteiger charge is -2.53. The van der Waals surface area contributed by atoms with Gasteiger partial charge in [0.05, 0.1) is 5.71 Å². The van der Waals surface area contributed by atoms with Crippen molar-refractivity contribution in [3.05, 3.63) is 76.9 Å². The van der Waals surface area contributed by atoms with E-state index in [1.165, 1.54) is 16.7 Å². The van der Waals surface area contributed by atoms with E-state index in [2.05, 4.69) is 52.8 Å². The van der Waals surface area contributed by atoms with Gasteiger partial charge in [0.25, 0.3) is 0 Å². The average molecular weight is 580 g/mol. The fraction of sp³-hybridized carbons (Fsp3) is 0.429. The van der Waals surface area contributed by atoms with Gasteiger partial charge in [-0.05, 0) is 123 Å². The van der Waals surface area contributed by atoms with Crippen molar-refractivity contribution in [1.29, 1.82) is 0 Å². The number of aliphatic hydroxyl groups is 1. The second kappa shape index (κ2) is 10.6. The van der Waals surface area contributed by atoms with Crippen LogP contribution in [0.1, 0.15) is 70.3 Å². The first-order valence-electron chi connectivity index (χ1n) is 15.1. The monoisotopic (exact) mass is 579 g/mol. The minimum atomic E-state index is -0.961. The largest absolute Gasteiger partial charge is 0.454 e. The maximum atomic E-state index is 11.9. The highest BCUT2D eigenvalue weighted by atomic mass is 32.1. The smallest absolute Gasteiger partial charge is 0.231 e. The van der Waals surface area contributed by atoms with Gasteiger partial charge in [-0.2, -0.15) is 5.10 Å². The standard InChI is InChI=1S/C35H37N3O3S/c1-3-16-35(39)17-15-29-27-12-9-22-18-25(37-38-33(42)36-24-7-5-4-6-8-24)11-13-26(22)32(27)28(20-34(29,35)2)23-10-14-30-31(19-23)41-21-40-30/h4-8,10,14,18-19,27-29,39H,9,11-13,15,17,20-21H2,1-2H3,(H2,36,38,42)/b37-25+/t27-,28?,29-,34-,35-/m0/s1. The highest BCUT2D eigenvalue weighted by Crippen LogP contribution is 2.66. The van der Waals surface area contributed by atoms with Crippen LogP contribution >= 0.6 is 12.2 Å². The van der Waals surface area contributed by atoms with Crippen molar-refractivity contribution in [3.63, 3.8) is 0 Å². The van der Waals surface area contributed by atoms with Gasteiger partial charge in [-0.1, -0.05) is 42.7 Å². The van der Waals surface area contributed by atoms with E-state index < -0.39 is 5.60 Å². The van der Waals surface area contributed by atoms with Gasteiger partial charge in [0.1, 0.15) is 5.60 Å². The normalized spacial score (nSPS) is 31.7. The van der Waals surface area contributed by atoms with E-state index in [1.807, 2.05) is 43.3 Å². The predicted octanol–water partition coefficient (Wildman–Crippen LogP) is 6.84. The molecule has 5 aliphatic rings. The van der Waals surface area contributed by atoms with Crippen LogP contribution in [0.4, 0.5) is 5.69 Å². The molecule has 6 nitrogen and oxygen atoms in total. The molecular weight excluding hydrogens is 542 g/mol. The highest BCUT2D eigenvalue weighted by molar-refractivity contribution is 7.80. The molecule has 2 saturated carbocycles. The van der Waals surface area contributed by atoms with E-state index in [-0.39, 0.29) is 18.1 Å². The summed E-state index contributed by atoms with van der Waals surface area (Å²) in [6, 6.07) is 16.3. The van der Waals surface area contributed by atoms with Crippen molar-refractivity contribution < 1.29 is 14.6 Å². The van der Waals surface area contributed by atoms with Crippen LogP contribution < -0.4 is 20.2 Å². The van der Waals surface area contributed by atoms with Crippen molar-refractivity contribution in [3.8, 4) is 23.3 Å². The highest BCUT2D eigenvalue weighted by Gasteiger charge is 2.62. The number of hydrogen-bond acceptors (Lipinski definition) is 5. The Kier molecular flexibility index (Phi) is 6.87. The van der Waals surface area contributed by atoms with Gasteiger partial charge in [0.15, 0.2) is 16.6 Å². The summed E-state index contributed by atoms with van der Waals surface area (Å²) in [5.41, 5.74) is 9.47. The summed E-state index contributed by atoms with van der Waals surface area (Å²) < 4.78 is 11.4. The summed E-state index contributed by atoms with van der Waals surface area (Å²) in [7, 11) is 0. The topological polar surface area (TPSA) is 75.1 Å². The zero-order valence-corrected chi connectivity index (χ0v) is 25.0. The molecule has 2 fully saturated rings. The molecule has 7 heteroatoms. The average Bonchev–Trinajstić information content (AvgIpc) is 3.57. The number of nitrogens with one attached hydrogen (secondary N) is 2. The molecule has 0 saturated heterocycles. The number of para-hydroxylation sites is 1. The van der Waals surface area contributed by atoms with Crippen LogP contribution in [0.15, 0.2) is 76.4 Å². The number of fused-ring (bicyclic) bond motifs is 5. The second-order valence-electron chi connectivity index (χ2n) is 12.5. The Morgan fingerprint density at radius 1 is 1.07 bits per heavy atom. The van der Waals surface area contributed by atoms with Crippen LogP contribution in [0, 0.1) is 29.1 Å². The quantitative estimate of drug-likeness (QED) is 0.210. The number of anilines is 1. The molecule has 0 bridgehead atoms. The Bertz CT molecular complexity index is 1590. The Balaban J connectivity index is 1.23. The van der Waals surface area contributed by atoms with Crippen LogP contribution in [0.2, 0.25) is 0 Å². The van der Waals surface area contributed by atoms with Crippen molar-refractivity contribution >= 4 is 28.7 Å². The van der Waals surface area contributed by atoms with E-state index in [1.54, 1.807) is 5.57 Å². The Labute approximate surface area is 253 Å². The molecule has 0 spiro atoms. The zero-order chi connectivity index (χ0) is 28.9. The molecule has 5 atom stereocenters. The fourth-order valence-electron chi connectivity index (χ4n) is 8.41. The van der Waals surface area contributed by atoms with E-state index in [0.29, 0.717) is 16.9 Å². The molecule has 1 heterocycles. The summed E-state index contributed by atoms with van der Waals surface area (Å²) in [6.07, 6.45) is 8.81. The van der Waals surface area contributed by atoms with Crippen LogP contribution in [-0.4, -0.2) is 28.3 Å². The molecule has 3 N–H and O–H groups in total. The maximum absolute atomic E-state index is 11.9. The zero-order valence-electron chi connectivity index (χ0n) is 24.2. The molecule has 2 aromatic rings. The van der Waals surface area contributed by atoms with E-state index in [4.69, 9.17) is 21.7 Å². The molecule has 0 radical (unpaired) electrons. The number of ether oxygens (including phenoxy) is 2. The molecule has 0 amide bonds. The Morgan fingerprint density at radius 3 is 2.74 bits per heavy atom. The number of hydrazone groups is 1. The third-order valence-corrected chi connectivity index (χ3v) is 10.6. The number of thiocarbonyl (C=S) groups is 1. The molecule has 7 rings (SSSR count). The van der Waals surface area contributed by atoms with Gasteiger partial charge in [0, 0.05) is 17.0 Å². The van der Waals surface area contributed by atoms with Crippen molar-refractivity contribution in [1.82, 2.24) is 5.43 Å². The van der Waals surface area contributed by atoms with E-state index >= 15 is 0 Å². The third-order valence-electron chi connectivity index (χ3n) is 10.4. The first-order valence-corrected chi connectivity index (χ1v) is 15.5. The van der Waals surface area contributed by atoms with Crippen molar-refractivity contribution in [2.45, 2.75) is 70.3 Å². The third kappa shape index (κ3) is 4.53. The van der Waals surface area contributed by atoms with Crippen LogP contribution in [-0.2, 0) is 0 Å². The minimum Gasteiger partial charge on any atom is -0.454 e. The predicted molar refractivity (Wildman–Crippen MR) is 169 cm³/mol. The summed E-state index contributed by atoms with van der Waals surface area (Å²) in [5, 5.41) is 20.3. The van der Waals surface area contributed by atoms with Gasteiger partial charge in [0.2, 0.25) is 6.79 Å². The van der Waals surface area contributed by atoms with Crippen LogP contribution in [0.3, 0.4) is 0 Å². The summed E-state index contributed by atoms with van der Waals surface area (Å²) >= 11 is 5.48. The van der Waals surface area contributed by atoms with Crippen LogP contribution in [0.5, 0.6) is 11.5 Å². The fourth-order valence-corrected chi connectivity index (χ4v) is 8.57. The summed E-state index contributed by atoms with van der Waals surface area (Å²) in [6.45, 7) is 4.41. The van der Waals surface area contributed by atoms with Crippen molar-refractivity contribution in [2.75, 3.05) is 12.1 Å². The summed E-state index contributed by atoms with van der Waals surface area (Å²) in [5.74, 6) is 8.97.